The lowest BCUT2D eigenvalue weighted by atomic mass is 9.98. The number of para-hydroxylation sites is 1. The van der Waals surface area contributed by atoms with E-state index in [1.54, 1.807) is 4.57 Å². The number of unbranched alkanes of at least 4 members (excludes halogenated alkanes) is 2. The molecule has 0 aliphatic heterocycles. The van der Waals surface area contributed by atoms with Crippen molar-refractivity contribution >= 4 is 11.2 Å². The average Bonchev–Trinajstić information content (AvgIpc) is 3.70. The third kappa shape index (κ3) is 5.43. The number of H-pyrrole nitrogens is 1. The van der Waals surface area contributed by atoms with Gasteiger partial charge in [0.05, 0.1) is 5.69 Å². The molecule has 0 spiro atoms. The van der Waals surface area contributed by atoms with Gasteiger partial charge in [0.15, 0.2) is 11.2 Å². The fourth-order valence-electron chi connectivity index (χ4n) is 5.58. The summed E-state index contributed by atoms with van der Waals surface area (Å²) < 4.78 is 4.95. The second kappa shape index (κ2) is 12.4. The highest BCUT2D eigenvalue weighted by Crippen LogP contribution is 2.30. The molecule has 0 atom stereocenters. The molecule has 10 heteroatoms. The minimum Gasteiger partial charge on any atom is -0.318 e. The summed E-state index contributed by atoms with van der Waals surface area (Å²) in [6, 6.07) is 25.7. The maximum Gasteiger partial charge on any atom is 0.337 e. The van der Waals surface area contributed by atoms with Crippen molar-refractivity contribution in [1.82, 2.24) is 39.3 Å². The molecule has 3 heterocycles. The predicted octanol–water partition coefficient (Wildman–Crippen LogP) is 5.39. The third-order valence-electron chi connectivity index (χ3n) is 7.69. The van der Waals surface area contributed by atoms with Crippen molar-refractivity contribution in [2.45, 2.75) is 59.0 Å². The Morgan fingerprint density at radius 2 is 1.53 bits per heavy atom. The molecule has 6 rings (SSSR count). The van der Waals surface area contributed by atoms with Crippen LogP contribution in [0.25, 0.3) is 39.4 Å². The molecular weight excluding hydrogens is 540 g/mol. The van der Waals surface area contributed by atoms with Crippen LogP contribution in [0.1, 0.15) is 50.9 Å². The molecule has 3 aromatic heterocycles. The number of aromatic amines is 1. The molecule has 3 aromatic carbocycles. The van der Waals surface area contributed by atoms with Gasteiger partial charge >= 0.3 is 5.69 Å². The van der Waals surface area contributed by atoms with Gasteiger partial charge in [-0.05, 0) is 46.9 Å². The molecule has 6 aromatic rings. The van der Waals surface area contributed by atoms with E-state index in [1.165, 1.54) is 4.57 Å². The van der Waals surface area contributed by atoms with Gasteiger partial charge in [-0.2, -0.15) is 5.21 Å². The number of tetrazole rings is 1. The molecule has 43 heavy (non-hydrogen) atoms. The molecule has 218 valence electrons. The minimum absolute atomic E-state index is 0.297. The van der Waals surface area contributed by atoms with Crippen LogP contribution in [0.4, 0.5) is 0 Å². The molecule has 0 saturated carbocycles. The molecule has 0 fully saturated rings. The normalized spacial score (nSPS) is 11.4. The Bertz CT molecular complexity index is 1950. The highest BCUT2D eigenvalue weighted by atomic mass is 16.2. The standard InChI is InChI=1S/C33H34N8O2/c1-3-5-7-16-28-34-31-29(32(42)39(21-4-2)33(43)41(31)25-12-8-6-9-13-25)40(28)22-23-17-19-24(20-18-23)26-14-10-11-15-27(26)30-35-37-38-36-30/h6,8-15,17-20H,3-5,7,16,21-22H2,1-2H3,(H,35,36,37,38). The topological polar surface area (TPSA) is 116 Å². The first kappa shape index (κ1) is 28.0. The Balaban J connectivity index is 1.47. The van der Waals surface area contributed by atoms with Gasteiger partial charge in [-0.25, -0.2) is 14.3 Å². The maximum atomic E-state index is 13.9. The van der Waals surface area contributed by atoms with Crippen LogP contribution in [-0.4, -0.2) is 39.3 Å². The van der Waals surface area contributed by atoms with Crippen molar-refractivity contribution in [2.24, 2.45) is 0 Å². The van der Waals surface area contributed by atoms with Crippen LogP contribution < -0.4 is 11.2 Å². The molecule has 0 aliphatic rings. The van der Waals surface area contributed by atoms with Crippen LogP contribution >= 0.6 is 0 Å². The first-order valence-electron chi connectivity index (χ1n) is 14.8. The molecule has 0 bridgehead atoms. The van der Waals surface area contributed by atoms with Gasteiger partial charge in [0.1, 0.15) is 5.82 Å². The van der Waals surface area contributed by atoms with Crippen LogP contribution in [-0.2, 0) is 19.5 Å². The van der Waals surface area contributed by atoms with E-state index in [2.05, 4.69) is 51.8 Å². The van der Waals surface area contributed by atoms with Gasteiger partial charge in [-0.3, -0.25) is 9.36 Å². The van der Waals surface area contributed by atoms with E-state index in [4.69, 9.17) is 4.98 Å². The summed E-state index contributed by atoms with van der Waals surface area (Å²) in [5.74, 6) is 1.35. The average molecular weight is 575 g/mol. The van der Waals surface area contributed by atoms with Crippen LogP contribution in [0.2, 0.25) is 0 Å². The first-order chi connectivity index (χ1) is 21.1. The number of fused-ring (bicyclic) bond motifs is 1. The van der Waals surface area contributed by atoms with Crippen molar-refractivity contribution in [2.75, 3.05) is 0 Å². The lowest BCUT2D eigenvalue weighted by molar-refractivity contribution is 0.603. The lowest BCUT2D eigenvalue weighted by Gasteiger charge is -2.13. The molecule has 0 saturated heterocycles. The monoisotopic (exact) mass is 574 g/mol. The van der Waals surface area contributed by atoms with Gasteiger partial charge in [0.2, 0.25) is 5.82 Å². The summed E-state index contributed by atoms with van der Waals surface area (Å²) in [6.45, 7) is 4.93. The van der Waals surface area contributed by atoms with Gasteiger partial charge in [-0.15, -0.1) is 10.2 Å². The summed E-state index contributed by atoms with van der Waals surface area (Å²) in [5, 5.41) is 14.6. The SMILES string of the molecule is CCCCCc1nc2c(c(=O)n(CCC)c(=O)n2-c2ccccc2)n1Cc1ccc(-c2ccccc2-c2nn[nH]n2)cc1. The maximum absolute atomic E-state index is 13.9. The second-order valence-corrected chi connectivity index (χ2v) is 10.6. The number of hydrogen-bond acceptors (Lipinski definition) is 6. The van der Waals surface area contributed by atoms with Crippen molar-refractivity contribution in [1.29, 1.82) is 0 Å². The summed E-state index contributed by atoms with van der Waals surface area (Å²) in [7, 11) is 0. The van der Waals surface area contributed by atoms with E-state index in [1.807, 2.05) is 66.1 Å². The van der Waals surface area contributed by atoms with Crippen LogP contribution in [0, 0.1) is 0 Å². The zero-order valence-electron chi connectivity index (χ0n) is 24.4. The Morgan fingerprint density at radius 1 is 0.791 bits per heavy atom. The molecule has 0 aliphatic carbocycles. The lowest BCUT2D eigenvalue weighted by Crippen LogP contribution is -2.40. The number of imidazole rings is 1. The smallest absolute Gasteiger partial charge is 0.318 e. The van der Waals surface area contributed by atoms with Crippen molar-refractivity contribution in [3.63, 3.8) is 0 Å². The third-order valence-corrected chi connectivity index (χ3v) is 7.69. The van der Waals surface area contributed by atoms with Crippen molar-refractivity contribution in [3.05, 3.63) is 111 Å². The predicted molar refractivity (Wildman–Crippen MR) is 167 cm³/mol. The van der Waals surface area contributed by atoms with E-state index in [-0.39, 0.29) is 11.2 Å². The van der Waals surface area contributed by atoms with Crippen molar-refractivity contribution < 1.29 is 0 Å². The molecule has 0 unspecified atom stereocenters. The number of benzene rings is 3. The molecule has 0 radical (unpaired) electrons. The fraction of sp³-hybridized carbons (Fsp3) is 0.273. The summed E-state index contributed by atoms with van der Waals surface area (Å²) >= 11 is 0. The van der Waals surface area contributed by atoms with E-state index in [0.717, 1.165) is 53.8 Å². The van der Waals surface area contributed by atoms with Gasteiger partial charge in [0, 0.05) is 25.1 Å². The highest BCUT2D eigenvalue weighted by Gasteiger charge is 2.22. The summed E-state index contributed by atoms with van der Waals surface area (Å²) in [6.07, 6.45) is 4.47. The van der Waals surface area contributed by atoms with Crippen LogP contribution in [0.3, 0.4) is 0 Å². The zero-order valence-corrected chi connectivity index (χ0v) is 24.4. The van der Waals surface area contributed by atoms with E-state index in [0.29, 0.717) is 42.2 Å². The summed E-state index contributed by atoms with van der Waals surface area (Å²) in [4.78, 5) is 32.6. The van der Waals surface area contributed by atoms with Gasteiger partial charge in [-0.1, -0.05) is 93.4 Å². The van der Waals surface area contributed by atoms with E-state index in [9.17, 15) is 9.59 Å². The number of nitrogens with one attached hydrogen (secondary N) is 1. The Kier molecular flexibility index (Phi) is 8.08. The quantitative estimate of drug-likeness (QED) is 0.208. The van der Waals surface area contributed by atoms with Crippen molar-refractivity contribution in [3.8, 4) is 28.2 Å². The van der Waals surface area contributed by atoms with Gasteiger partial charge < -0.3 is 4.57 Å². The largest absolute Gasteiger partial charge is 0.337 e. The van der Waals surface area contributed by atoms with Crippen LogP contribution in [0.15, 0.2) is 88.5 Å². The Labute approximate surface area is 248 Å². The zero-order chi connectivity index (χ0) is 29.8. The Morgan fingerprint density at radius 3 is 2.23 bits per heavy atom. The number of aromatic nitrogens is 8. The molecular formula is C33H34N8O2. The van der Waals surface area contributed by atoms with Gasteiger partial charge in [0.25, 0.3) is 5.56 Å². The van der Waals surface area contributed by atoms with E-state index >= 15 is 0 Å². The number of nitrogens with zero attached hydrogens (tertiary/aromatic N) is 7. The van der Waals surface area contributed by atoms with Crippen LogP contribution in [0.5, 0.6) is 0 Å². The first-order valence-corrected chi connectivity index (χ1v) is 14.8. The highest BCUT2D eigenvalue weighted by molar-refractivity contribution is 5.80. The molecule has 1 N–H and O–H groups in total. The molecule has 0 amide bonds. The number of hydrogen-bond donors (Lipinski definition) is 1. The van der Waals surface area contributed by atoms with E-state index < -0.39 is 0 Å². The summed E-state index contributed by atoms with van der Waals surface area (Å²) in [5.41, 5.74) is 4.82. The number of aryl methyl sites for hydroxylation is 1. The molecule has 10 nitrogen and oxygen atoms in total. The minimum atomic E-state index is -0.361. The second-order valence-electron chi connectivity index (χ2n) is 10.6. The fourth-order valence-corrected chi connectivity index (χ4v) is 5.58. The number of rotatable bonds is 11. The Hall–Kier alpha value is -5.12.